The molecular weight excluding hydrogens is 286 g/mol. The minimum atomic E-state index is -4.18. The van der Waals surface area contributed by atoms with Gasteiger partial charge >= 0.3 is 12.2 Å². The van der Waals surface area contributed by atoms with Gasteiger partial charge < -0.3 is 19.7 Å². The van der Waals surface area contributed by atoms with E-state index < -0.39 is 57.4 Å². The van der Waals surface area contributed by atoms with Crippen LogP contribution in [0.2, 0.25) is 0 Å². The van der Waals surface area contributed by atoms with Crippen LogP contribution in [0.15, 0.2) is 0 Å². The minimum absolute atomic E-state index is 1.06. The molecule has 0 atom stereocenters. The molecule has 0 aliphatic carbocycles. The van der Waals surface area contributed by atoms with Gasteiger partial charge in [-0.25, -0.2) is 8.78 Å². The van der Waals surface area contributed by atoms with Gasteiger partial charge in [0.1, 0.15) is 0 Å². The maximum atomic E-state index is 12.5. The largest absolute Gasteiger partial charge is 0.396 e. The Bertz CT molecular complexity index is 237. The molecule has 4 nitrogen and oxygen atoms in total. The first-order chi connectivity index (χ1) is 8.66. The second kappa shape index (κ2) is 7.27. The first kappa shape index (κ1) is 18.4. The number of halogens is 6. The summed E-state index contributed by atoms with van der Waals surface area (Å²) < 4.78 is 81.1. The van der Waals surface area contributed by atoms with Crippen LogP contribution < -0.4 is 0 Å². The normalized spacial score (nSPS) is 13.9. The number of alkyl halides is 6. The van der Waals surface area contributed by atoms with Gasteiger partial charge in [-0.2, -0.15) is 17.6 Å². The molecule has 0 heterocycles. The highest BCUT2D eigenvalue weighted by Crippen LogP contribution is 2.26. The van der Waals surface area contributed by atoms with Crippen molar-refractivity contribution in [3.63, 3.8) is 0 Å². The van der Waals surface area contributed by atoms with E-state index in [4.69, 9.17) is 10.2 Å². The Morgan fingerprint density at radius 3 is 1.26 bits per heavy atom. The van der Waals surface area contributed by atoms with E-state index in [-0.39, 0.29) is 0 Å². The van der Waals surface area contributed by atoms with E-state index >= 15 is 0 Å². The van der Waals surface area contributed by atoms with Crippen LogP contribution in [-0.4, -0.2) is 62.2 Å². The van der Waals surface area contributed by atoms with Gasteiger partial charge in [-0.3, -0.25) is 0 Å². The molecule has 19 heavy (non-hydrogen) atoms. The van der Waals surface area contributed by atoms with Gasteiger partial charge in [-0.15, -0.1) is 0 Å². The summed E-state index contributed by atoms with van der Waals surface area (Å²) in [7, 11) is 0. The zero-order chi connectivity index (χ0) is 15.2. The third-order valence-electron chi connectivity index (χ3n) is 2.16. The van der Waals surface area contributed by atoms with Gasteiger partial charge in [0.25, 0.3) is 0 Å². The molecule has 0 unspecified atom stereocenters. The first-order valence-corrected chi connectivity index (χ1v) is 5.03. The third kappa shape index (κ3) is 6.41. The Kier molecular flexibility index (Phi) is 7.05. The van der Waals surface area contributed by atoms with Crippen LogP contribution in [0.5, 0.6) is 0 Å². The van der Waals surface area contributed by atoms with E-state index in [1.54, 1.807) is 0 Å². The SMILES string of the molecule is OCC(CO)(COC(F)(F)CF)COC(F)(F)CF. The van der Waals surface area contributed by atoms with Gasteiger partial charge in [0.05, 0.1) is 31.8 Å². The Labute approximate surface area is 104 Å². The number of aliphatic hydroxyl groups is 2. The topological polar surface area (TPSA) is 58.9 Å². The lowest BCUT2D eigenvalue weighted by Crippen LogP contribution is -2.44. The fraction of sp³-hybridized carbons (Fsp3) is 1.00. The lowest BCUT2D eigenvalue weighted by molar-refractivity contribution is -0.290. The van der Waals surface area contributed by atoms with Crippen LogP contribution in [0, 0.1) is 5.41 Å². The first-order valence-electron chi connectivity index (χ1n) is 5.03. The molecule has 0 aliphatic rings. The molecule has 10 heteroatoms. The summed E-state index contributed by atoms with van der Waals surface area (Å²) in [5.74, 6) is 0. The van der Waals surface area contributed by atoms with Crippen LogP contribution in [0.25, 0.3) is 0 Å². The van der Waals surface area contributed by atoms with Crippen molar-refractivity contribution in [3.8, 4) is 0 Å². The van der Waals surface area contributed by atoms with Crippen LogP contribution in [0.3, 0.4) is 0 Å². The van der Waals surface area contributed by atoms with Crippen molar-refractivity contribution in [1.82, 2.24) is 0 Å². The zero-order valence-corrected chi connectivity index (χ0v) is 9.72. The van der Waals surface area contributed by atoms with Crippen LogP contribution in [-0.2, 0) is 9.47 Å². The molecule has 0 saturated carbocycles. The average molecular weight is 300 g/mol. The predicted molar refractivity (Wildman–Crippen MR) is 50.4 cm³/mol. The Hall–Kier alpha value is -0.580. The van der Waals surface area contributed by atoms with Crippen molar-refractivity contribution >= 4 is 0 Å². The lowest BCUT2D eigenvalue weighted by atomic mass is 9.92. The monoisotopic (exact) mass is 300 g/mol. The average Bonchev–Trinajstić information content (AvgIpc) is 2.40. The molecule has 0 aromatic heterocycles. The van der Waals surface area contributed by atoms with Gasteiger partial charge in [0.15, 0.2) is 13.3 Å². The van der Waals surface area contributed by atoms with Crippen molar-refractivity contribution in [3.05, 3.63) is 0 Å². The molecule has 0 saturated heterocycles. The molecule has 2 N–H and O–H groups in total. The standard InChI is InChI=1S/C9H14F6O4/c10-1-8(12,13)18-5-7(3-16,4-17)6-19-9(14,15)2-11/h16-17H,1-6H2. The zero-order valence-electron chi connectivity index (χ0n) is 9.72. The molecule has 0 amide bonds. The fourth-order valence-corrected chi connectivity index (χ4v) is 0.869. The van der Waals surface area contributed by atoms with Crippen LogP contribution in [0.4, 0.5) is 26.3 Å². The van der Waals surface area contributed by atoms with Crippen LogP contribution >= 0.6 is 0 Å². The summed E-state index contributed by atoms with van der Waals surface area (Å²) in [4.78, 5) is 0. The van der Waals surface area contributed by atoms with Crippen molar-refractivity contribution in [2.24, 2.45) is 5.41 Å². The van der Waals surface area contributed by atoms with E-state index in [1.165, 1.54) is 0 Å². The molecule has 0 spiro atoms. The maximum Gasteiger partial charge on any atom is 0.384 e. The Morgan fingerprint density at radius 1 is 0.737 bits per heavy atom. The molecule has 0 rings (SSSR count). The Balaban J connectivity index is 4.59. The third-order valence-corrected chi connectivity index (χ3v) is 2.16. The lowest BCUT2D eigenvalue weighted by Gasteiger charge is -2.31. The van der Waals surface area contributed by atoms with Crippen molar-refractivity contribution in [2.75, 3.05) is 39.8 Å². The number of hydrogen-bond acceptors (Lipinski definition) is 4. The summed E-state index contributed by atoms with van der Waals surface area (Å²) in [6.45, 7) is -8.76. The quantitative estimate of drug-likeness (QED) is 0.594. The van der Waals surface area contributed by atoms with Gasteiger partial charge in [-0.05, 0) is 0 Å². The Morgan fingerprint density at radius 2 is 1.05 bits per heavy atom. The highest BCUT2D eigenvalue weighted by molar-refractivity contribution is 4.79. The number of aliphatic hydroxyl groups excluding tert-OH is 2. The van der Waals surface area contributed by atoms with E-state index in [2.05, 4.69) is 9.47 Å². The molecule has 0 radical (unpaired) electrons. The number of ether oxygens (including phenoxy) is 2. The molecule has 0 aromatic carbocycles. The van der Waals surface area contributed by atoms with E-state index in [1.807, 2.05) is 0 Å². The fourth-order valence-electron chi connectivity index (χ4n) is 0.869. The summed E-state index contributed by atoms with van der Waals surface area (Å²) in [5.41, 5.74) is -2.03. The van der Waals surface area contributed by atoms with Gasteiger partial charge in [-0.1, -0.05) is 0 Å². The molecule has 0 bridgehead atoms. The predicted octanol–water partition coefficient (Wildman–Crippen LogP) is 1.12. The van der Waals surface area contributed by atoms with Gasteiger partial charge in [0, 0.05) is 0 Å². The summed E-state index contributed by atoms with van der Waals surface area (Å²) in [5, 5.41) is 17.8. The summed E-state index contributed by atoms with van der Waals surface area (Å²) in [6, 6.07) is 0. The molecule has 0 fully saturated rings. The highest BCUT2D eigenvalue weighted by Gasteiger charge is 2.40. The van der Waals surface area contributed by atoms with Gasteiger partial charge in [0.2, 0.25) is 0 Å². The van der Waals surface area contributed by atoms with Crippen molar-refractivity contribution in [2.45, 2.75) is 12.2 Å². The van der Waals surface area contributed by atoms with Crippen molar-refractivity contribution < 1.29 is 46.0 Å². The number of hydrogen-bond donors (Lipinski definition) is 2. The molecule has 116 valence electrons. The molecule has 0 aliphatic heterocycles. The second-order valence-corrected chi connectivity index (χ2v) is 3.94. The maximum absolute atomic E-state index is 12.5. The van der Waals surface area contributed by atoms with Crippen LogP contribution in [0.1, 0.15) is 0 Å². The van der Waals surface area contributed by atoms with Crippen molar-refractivity contribution in [1.29, 1.82) is 0 Å². The van der Waals surface area contributed by atoms with E-state index in [0.717, 1.165) is 0 Å². The van der Waals surface area contributed by atoms with E-state index in [0.29, 0.717) is 0 Å². The van der Waals surface area contributed by atoms with E-state index in [9.17, 15) is 26.3 Å². The molecule has 0 aromatic rings. The number of rotatable bonds is 10. The molecular formula is C9H14F6O4. The smallest absolute Gasteiger partial charge is 0.384 e. The summed E-state index contributed by atoms with van der Waals surface area (Å²) >= 11 is 0. The minimum Gasteiger partial charge on any atom is -0.396 e. The second-order valence-electron chi connectivity index (χ2n) is 3.94. The summed E-state index contributed by atoms with van der Waals surface area (Å²) in [6.07, 6.45) is -8.36. The highest BCUT2D eigenvalue weighted by atomic mass is 19.3.